The van der Waals surface area contributed by atoms with E-state index >= 15 is 0 Å². The zero-order valence-corrected chi connectivity index (χ0v) is 19.2. The van der Waals surface area contributed by atoms with Crippen molar-refractivity contribution in [3.8, 4) is 23.0 Å². The fraction of sp³-hybridized carbons (Fsp3) is 0. The number of hydrogen-bond acceptors (Lipinski definition) is 4. The zero-order valence-electron chi connectivity index (χ0n) is 19.2. The van der Waals surface area contributed by atoms with Crippen LogP contribution in [-0.2, 0) is 0 Å². The fourth-order valence-electron chi connectivity index (χ4n) is 2.05. The molecule has 0 bridgehead atoms. The highest BCUT2D eigenvalue weighted by Gasteiger charge is 2.32. The lowest BCUT2D eigenvalue weighted by Crippen LogP contribution is -2.06. The molecule has 0 aliphatic carbocycles. The van der Waals surface area contributed by atoms with Gasteiger partial charge in [0.05, 0.1) is 0 Å². The normalized spacial score (nSPS) is 10.3. The quantitative estimate of drug-likeness (QED) is 0.158. The molecule has 0 unspecified atom stereocenters. The Morgan fingerprint density at radius 1 is 0.250 bits per heavy atom. The van der Waals surface area contributed by atoms with Crippen molar-refractivity contribution in [3.63, 3.8) is 0 Å². The van der Waals surface area contributed by atoms with Crippen LogP contribution in [0.4, 0.5) is 87.8 Å². The Labute approximate surface area is 225 Å². The molecule has 0 aromatic heterocycles. The summed E-state index contributed by atoms with van der Waals surface area (Å²) < 4.78 is 262. The zero-order chi connectivity index (χ0) is 34.4. The lowest BCUT2D eigenvalue weighted by Gasteiger charge is -2.11. The monoisotopic (exact) mass is 684 g/mol. The Morgan fingerprint density at radius 2 is 0.364 bits per heavy atom. The number of hydrogen-bond donors (Lipinski definition) is 0. The molecule has 0 radical (unpaired) electrons. The number of halogens is 20. The number of ether oxygens (including phenoxy) is 4. The van der Waals surface area contributed by atoms with Gasteiger partial charge in [-0.15, -0.1) is 0 Å². The van der Waals surface area contributed by atoms with Gasteiger partial charge in [0.1, 0.15) is 0 Å². The van der Waals surface area contributed by atoms with Crippen LogP contribution >= 0.6 is 0 Å². The summed E-state index contributed by atoms with van der Waals surface area (Å²) >= 11 is 0. The second-order valence-corrected chi connectivity index (χ2v) is 6.37. The van der Waals surface area contributed by atoms with Gasteiger partial charge in [-0.3, -0.25) is 0 Å². The van der Waals surface area contributed by atoms with E-state index in [-0.39, 0.29) is 0 Å². The van der Waals surface area contributed by atoms with Gasteiger partial charge in [0, 0.05) is 0 Å². The van der Waals surface area contributed by atoms with Gasteiger partial charge in [0.2, 0.25) is 69.5 Å². The molecule has 244 valence electrons. The first-order chi connectivity index (χ1) is 20.1. The Bertz CT molecular complexity index is 1260. The van der Waals surface area contributed by atoms with E-state index in [0.717, 1.165) is 0 Å². The fourth-order valence-corrected chi connectivity index (χ4v) is 2.05. The molecule has 0 atom stereocenters. The number of rotatable bonds is 8. The first-order valence-corrected chi connectivity index (χ1v) is 9.41. The highest BCUT2D eigenvalue weighted by molar-refractivity contribution is 5.40. The van der Waals surface area contributed by atoms with Crippen molar-refractivity contribution in [2.24, 2.45) is 0 Å². The third-order valence-electron chi connectivity index (χ3n) is 3.73. The molecular formula is C20F20O4. The largest absolute Gasteiger partial charge is 0.421 e. The average molecular weight is 684 g/mol. The smallest absolute Gasteiger partial charge is 0.344 e. The maximum atomic E-state index is 13.2. The summed E-state index contributed by atoms with van der Waals surface area (Å²) in [6.07, 6.45) is -12.9. The van der Waals surface area contributed by atoms with Crippen LogP contribution in [0, 0.1) is 46.5 Å². The van der Waals surface area contributed by atoms with Crippen LogP contribution in [0.2, 0.25) is 0 Å². The average Bonchev–Trinajstić information content (AvgIpc) is 2.95. The van der Waals surface area contributed by atoms with Crippen molar-refractivity contribution in [2.45, 2.75) is 0 Å². The summed E-state index contributed by atoms with van der Waals surface area (Å²) in [4.78, 5) is 0. The Hall–Kier alpha value is -4.80. The summed E-state index contributed by atoms with van der Waals surface area (Å²) in [5.41, 5.74) is 0. The van der Waals surface area contributed by atoms with Crippen molar-refractivity contribution in [2.75, 3.05) is 0 Å². The highest BCUT2D eigenvalue weighted by atomic mass is 19.3. The van der Waals surface area contributed by atoms with E-state index in [4.69, 9.17) is 0 Å². The molecule has 0 heterocycles. The summed E-state index contributed by atoms with van der Waals surface area (Å²) in [5.74, 6) is -30.2. The molecule has 4 nitrogen and oxygen atoms in total. The molecule has 0 N–H and O–H groups in total. The molecule has 2 aromatic carbocycles. The highest BCUT2D eigenvalue weighted by Crippen LogP contribution is 2.38. The van der Waals surface area contributed by atoms with E-state index < -0.39 is 118 Å². The van der Waals surface area contributed by atoms with E-state index in [0.29, 0.717) is 0 Å². The minimum absolute atomic E-state index is 2.29. The first-order valence-electron chi connectivity index (χ1n) is 9.41. The van der Waals surface area contributed by atoms with Gasteiger partial charge in [-0.1, -0.05) is 0 Å². The van der Waals surface area contributed by atoms with Gasteiger partial charge in [0.15, 0.2) is 0 Å². The Balaban J connectivity index is 0.000000440. The molecule has 2 rings (SSSR count). The Morgan fingerprint density at radius 3 is 0.455 bits per heavy atom. The van der Waals surface area contributed by atoms with Crippen molar-refractivity contribution in [1.29, 1.82) is 0 Å². The van der Waals surface area contributed by atoms with Gasteiger partial charge in [-0.2, -0.15) is 87.8 Å². The van der Waals surface area contributed by atoms with Crippen LogP contribution in [0.25, 0.3) is 0 Å². The van der Waals surface area contributed by atoms with Gasteiger partial charge in [-0.25, -0.2) is 0 Å². The molecule has 0 saturated heterocycles. The van der Waals surface area contributed by atoms with E-state index in [1.165, 1.54) is 0 Å². The van der Waals surface area contributed by atoms with Crippen molar-refractivity contribution in [1.82, 2.24) is 0 Å². The predicted octanol–water partition coefficient (Wildman–Crippen LogP) is 10.1. The predicted molar refractivity (Wildman–Crippen MR) is 96.5 cm³/mol. The van der Waals surface area contributed by atoms with Gasteiger partial charge in [-0.05, 0) is 0 Å². The van der Waals surface area contributed by atoms with Gasteiger partial charge in [0.25, 0.3) is 0 Å². The van der Waals surface area contributed by atoms with Crippen LogP contribution in [0.3, 0.4) is 0 Å². The standard InChI is InChI=1S/2C10F10O2/c2*11-1-2(12)6(22-10(20)8(17)18)4(14)3(13)5(1)21-9(19)7(15)16. The lowest BCUT2D eigenvalue weighted by molar-refractivity contribution is 0.205. The van der Waals surface area contributed by atoms with Crippen LogP contribution in [0.5, 0.6) is 23.0 Å². The first kappa shape index (κ1) is 37.2. The topological polar surface area (TPSA) is 36.9 Å². The SMILES string of the molecule is FC(F)=C(F)Oc1c(F)c(F)c(OC(F)=C(F)F)c(F)c1F.FC(F)=C(F)Oc1c(F)c(F)c(OC(F)=C(F)F)c(F)c1F. The third-order valence-corrected chi connectivity index (χ3v) is 3.73. The van der Waals surface area contributed by atoms with Crippen molar-refractivity contribution >= 4 is 0 Å². The maximum absolute atomic E-state index is 13.2. The maximum Gasteiger partial charge on any atom is 0.344 e. The van der Waals surface area contributed by atoms with Crippen LogP contribution in [0.15, 0.2) is 48.4 Å². The Kier molecular flexibility index (Phi) is 12.8. The summed E-state index contributed by atoms with van der Waals surface area (Å²) in [5, 5.41) is 0. The lowest BCUT2D eigenvalue weighted by atomic mass is 10.2. The van der Waals surface area contributed by atoms with Crippen LogP contribution in [-0.4, -0.2) is 0 Å². The van der Waals surface area contributed by atoms with E-state index in [2.05, 4.69) is 18.9 Å². The minimum atomic E-state index is -3.21. The third kappa shape index (κ3) is 8.62. The molecule has 0 aliphatic heterocycles. The molecule has 0 amide bonds. The van der Waals surface area contributed by atoms with Crippen LogP contribution in [0.1, 0.15) is 0 Å². The van der Waals surface area contributed by atoms with Gasteiger partial charge >= 0.3 is 48.4 Å². The molecule has 2 aromatic rings. The van der Waals surface area contributed by atoms with Gasteiger partial charge < -0.3 is 18.9 Å². The molecular weight excluding hydrogens is 684 g/mol. The molecule has 0 fully saturated rings. The van der Waals surface area contributed by atoms with Crippen molar-refractivity contribution in [3.05, 3.63) is 94.9 Å². The molecule has 0 spiro atoms. The second-order valence-electron chi connectivity index (χ2n) is 6.37. The summed E-state index contributed by atoms with van der Waals surface area (Å²) in [6, 6.07) is -11.5. The van der Waals surface area contributed by atoms with Crippen molar-refractivity contribution < 1.29 is 107 Å². The molecule has 24 heteroatoms. The summed E-state index contributed by atoms with van der Waals surface area (Å²) in [6.45, 7) is 0. The van der Waals surface area contributed by atoms with E-state index in [1.54, 1.807) is 0 Å². The number of benzene rings is 2. The van der Waals surface area contributed by atoms with E-state index in [9.17, 15) is 87.8 Å². The molecule has 44 heavy (non-hydrogen) atoms. The van der Waals surface area contributed by atoms with Crippen LogP contribution < -0.4 is 18.9 Å². The summed E-state index contributed by atoms with van der Waals surface area (Å²) in [7, 11) is 0. The minimum Gasteiger partial charge on any atom is -0.421 e. The second kappa shape index (κ2) is 15.1. The molecule has 0 saturated carbocycles. The van der Waals surface area contributed by atoms with E-state index in [1.807, 2.05) is 0 Å². The molecule has 0 aliphatic rings.